The zero-order chi connectivity index (χ0) is 45.4. The SMILES string of the molecule is c1ccc(-c2ccccc2N(c2ccc3c(c2)c2ccccc2c2ccccc2c2ccccc2c2cc4sc5ccccc5c4cc32)c2cccc3c2Oc2ccccc2-c2ccccc2-3)cc1. The Morgan fingerprint density at radius 1 is 0.275 bits per heavy atom. The van der Waals surface area contributed by atoms with Crippen LogP contribution in [0.25, 0.3) is 107 Å². The van der Waals surface area contributed by atoms with Crippen molar-refractivity contribution in [3.8, 4) is 44.9 Å². The number of para-hydroxylation sites is 3. The van der Waals surface area contributed by atoms with Gasteiger partial charge in [-0.25, -0.2) is 0 Å². The second-order valence-electron chi connectivity index (χ2n) is 17.9. The van der Waals surface area contributed by atoms with Gasteiger partial charge in [0.15, 0.2) is 5.75 Å². The molecule has 1 aliphatic heterocycles. The maximum atomic E-state index is 7.27. The molecule has 322 valence electrons. The molecule has 2 nitrogen and oxygen atoms in total. The maximum absolute atomic E-state index is 7.27. The van der Waals surface area contributed by atoms with Crippen molar-refractivity contribution >= 4 is 102 Å². The molecule has 1 aliphatic rings. The summed E-state index contributed by atoms with van der Waals surface area (Å²) in [5.41, 5.74) is 9.67. The zero-order valence-corrected chi connectivity index (χ0v) is 38.3. The third kappa shape index (κ3) is 6.32. The van der Waals surface area contributed by atoms with Gasteiger partial charge in [-0.05, 0) is 119 Å². The molecular formula is C66H41NOS. The quantitative estimate of drug-likeness (QED) is 0.175. The minimum Gasteiger partial charge on any atom is -0.454 e. The van der Waals surface area contributed by atoms with Crippen LogP contribution in [-0.2, 0) is 0 Å². The van der Waals surface area contributed by atoms with E-state index in [1.807, 2.05) is 11.3 Å². The summed E-state index contributed by atoms with van der Waals surface area (Å²) < 4.78 is 9.84. The number of nitrogens with zero attached hydrogens (tertiary/aromatic N) is 1. The Labute approximate surface area is 403 Å². The van der Waals surface area contributed by atoms with Crippen molar-refractivity contribution in [1.82, 2.24) is 0 Å². The first-order valence-corrected chi connectivity index (χ1v) is 24.4. The summed E-state index contributed by atoms with van der Waals surface area (Å²) in [6.07, 6.45) is 0. The van der Waals surface area contributed by atoms with Crippen molar-refractivity contribution in [3.05, 3.63) is 249 Å². The third-order valence-electron chi connectivity index (χ3n) is 14.1. The van der Waals surface area contributed by atoms with Crippen LogP contribution in [0, 0.1) is 0 Å². The molecular weight excluding hydrogens is 855 g/mol. The van der Waals surface area contributed by atoms with E-state index in [0.717, 1.165) is 67.3 Å². The van der Waals surface area contributed by atoms with Crippen molar-refractivity contribution in [2.24, 2.45) is 0 Å². The molecule has 0 atom stereocenters. The summed E-state index contributed by atoms with van der Waals surface area (Å²) in [5, 5.41) is 14.5. The highest BCUT2D eigenvalue weighted by Crippen LogP contribution is 2.54. The molecule has 0 spiro atoms. The molecule has 69 heavy (non-hydrogen) atoms. The summed E-state index contributed by atoms with van der Waals surface area (Å²) in [4.78, 5) is 2.43. The topological polar surface area (TPSA) is 12.5 Å². The highest BCUT2D eigenvalue weighted by molar-refractivity contribution is 7.25. The van der Waals surface area contributed by atoms with E-state index >= 15 is 0 Å². The van der Waals surface area contributed by atoms with Crippen molar-refractivity contribution in [3.63, 3.8) is 0 Å². The van der Waals surface area contributed by atoms with E-state index in [-0.39, 0.29) is 0 Å². The first kappa shape index (κ1) is 39.4. The fourth-order valence-electron chi connectivity index (χ4n) is 11.0. The molecule has 0 radical (unpaired) electrons. The molecule has 1 aromatic heterocycles. The van der Waals surface area contributed by atoms with Gasteiger partial charge in [-0.2, -0.15) is 0 Å². The molecule has 13 aromatic rings. The second-order valence-corrected chi connectivity index (χ2v) is 19.0. The van der Waals surface area contributed by atoms with Crippen LogP contribution < -0.4 is 9.64 Å². The van der Waals surface area contributed by atoms with E-state index in [1.165, 1.54) is 68.6 Å². The van der Waals surface area contributed by atoms with Crippen LogP contribution in [0.1, 0.15) is 0 Å². The lowest BCUT2D eigenvalue weighted by Crippen LogP contribution is -2.12. The van der Waals surface area contributed by atoms with E-state index in [2.05, 4.69) is 254 Å². The predicted octanol–water partition coefficient (Wildman–Crippen LogP) is 19.5. The minimum absolute atomic E-state index is 0.806. The average molecular weight is 896 g/mol. The summed E-state index contributed by atoms with van der Waals surface area (Å²) >= 11 is 1.87. The number of rotatable bonds is 4. The predicted molar refractivity (Wildman–Crippen MR) is 296 cm³/mol. The number of anilines is 3. The van der Waals surface area contributed by atoms with E-state index in [1.54, 1.807) is 0 Å². The van der Waals surface area contributed by atoms with Gasteiger partial charge in [0.05, 0.1) is 11.4 Å². The van der Waals surface area contributed by atoms with Gasteiger partial charge in [0.1, 0.15) is 5.75 Å². The van der Waals surface area contributed by atoms with Gasteiger partial charge in [-0.1, -0.05) is 200 Å². The van der Waals surface area contributed by atoms with Crippen LogP contribution in [0.3, 0.4) is 0 Å². The Morgan fingerprint density at radius 2 is 0.754 bits per heavy atom. The molecule has 2 heterocycles. The molecule has 0 amide bonds. The molecule has 12 aromatic carbocycles. The maximum Gasteiger partial charge on any atom is 0.159 e. The van der Waals surface area contributed by atoms with E-state index in [4.69, 9.17) is 4.74 Å². The van der Waals surface area contributed by atoms with Crippen LogP contribution in [0.15, 0.2) is 249 Å². The molecule has 0 saturated heterocycles. The number of ether oxygens (including phenoxy) is 1. The largest absolute Gasteiger partial charge is 0.454 e. The number of thiophene rings is 1. The van der Waals surface area contributed by atoms with Crippen LogP contribution in [-0.4, -0.2) is 0 Å². The number of benzene rings is 11. The van der Waals surface area contributed by atoms with Gasteiger partial charge in [0.25, 0.3) is 0 Å². The van der Waals surface area contributed by atoms with Crippen molar-refractivity contribution in [2.75, 3.05) is 4.90 Å². The Bertz CT molecular complexity index is 4300. The van der Waals surface area contributed by atoms with Crippen molar-refractivity contribution in [2.45, 2.75) is 0 Å². The van der Waals surface area contributed by atoms with Crippen LogP contribution in [0.4, 0.5) is 17.1 Å². The van der Waals surface area contributed by atoms with Gasteiger partial charge in [-0.15, -0.1) is 11.3 Å². The Morgan fingerprint density at radius 3 is 1.45 bits per heavy atom. The monoisotopic (exact) mass is 895 g/mol. The number of hydrogen-bond acceptors (Lipinski definition) is 3. The van der Waals surface area contributed by atoms with Crippen LogP contribution >= 0.6 is 11.3 Å². The molecule has 0 N–H and O–H groups in total. The summed E-state index contributed by atoms with van der Waals surface area (Å²) in [5.74, 6) is 1.63. The first-order chi connectivity index (χ1) is 34.2. The third-order valence-corrected chi connectivity index (χ3v) is 15.2. The van der Waals surface area contributed by atoms with Gasteiger partial charge in [-0.3, -0.25) is 0 Å². The van der Waals surface area contributed by atoms with Gasteiger partial charge >= 0.3 is 0 Å². The molecule has 0 fully saturated rings. The first-order valence-electron chi connectivity index (χ1n) is 23.6. The lowest BCUT2D eigenvalue weighted by atomic mass is 9.93. The summed E-state index contributed by atoms with van der Waals surface area (Å²) in [6.45, 7) is 0. The fourth-order valence-corrected chi connectivity index (χ4v) is 12.1. The fraction of sp³-hybridized carbons (Fsp3) is 0. The lowest BCUT2D eigenvalue weighted by molar-refractivity contribution is 0.489. The zero-order valence-electron chi connectivity index (χ0n) is 37.4. The van der Waals surface area contributed by atoms with Gasteiger partial charge < -0.3 is 9.64 Å². The van der Waals surface area contributed by atoms with Gasteiger partial charge in [0.2, 0.25) is 0 Å². The van der Waals surface area contributed by atoms with Crippen LogP contribution in [0.2, 0.25) is 0 Å². The van der Waals surface area contributed by atoms with Crippen LogP contribution in [0.5, 0.6) is 11.5 Å². The van der Waals surface area contributed by atoms with E-state index in [9.17, 15) is 0 Å². The highest BCUT2D eigenvalue weighted by Gasteiger charge is 2.28. The van der Waals surface area contributed by atoms with E-state index in [0.29, 0.717) is 0 Å². The Kier molecular flexibility index (Phi) is 9.11. The average Bonchev–Trinajstić information content (AvgIpc) is 3.71. The van der Waals surface area contributed by atoms with Crippen molar-refractivity contribution < 1.29 is 4.74 Å². The summed E-state index contributed by atoms with van der Waals surface area (Å²) in [6, 6.07) is 91.0. The molecule has 0 saturated carbocycles. The second kappa shape index (κ2) is 16.0. The Hall–Kier alpha value is -8.76. The normalized spacial score (nSPS) is 11.9. The molecule has 0 bridgehead atoms. The molecule has 14 rings (SSSR count). The number of hydrogen-bond donors (Lipinski definition) is 0. The molecule has 0 unspecified atom stereocenters. The smallest absolute Gasteiger partial charge is 0.159 e. The minimum atomic E-state index is 0.806. The number of fused-ring (bicyclic) bond motifs is 18. The molecule has 3 heteroatoms. The van der Waals surface area contributed by atoms with E-state index < -0.39 is 0 Å². The highest BCUT2D eigenvalue weighted by atomic mass is 32.1. The lowest BCUT2D eigenvalue weighted by Gasteiger charge is -2.30. The van der Waals surface area contributed by atoms with Gasteiger partial charge in [0, 0.05) is 42.6 Å². The standard InChI is InChI=1S/C66H41NOS/c1-2-19-42(20-3-1)44-21-12-15-33-61(44)67(62-34-18-32-56-50-27-9-8-26-49(50)54-30-13-16-35-63(54)68-66(56)62)43-37-38-53-57(39-43)51-28-10-6-24-47(51)45-22-4-5-23-46(45)48-25-7-11-29-52(48)59-41-65-60(40-58(53)59)55-31-14-17-36-64(55)69-65/h1-41H. The van der Waals surface area contributed by atoms with Crippen molar-refractivity contribution in [1.29, 1.82) is 0 Å². The Balaban J connectivity index is 1.16. The molecule has 0 aliphatic carbocycles. The summed E-state index contributed by atoms with van der Waals surface area (Å²) in [7, 11) is 0.